The van der Waals surface area contributed by atoms with Crippen LogP contribution in [0.25, 0.3) is 0 Å². The molecule has 0 aromatic heterocycles. The average molecular weight is 229 g/mol. The van der Waals surface area contributed by atoms with Crippen molar-refractivity contribution in [1.82, 2.24) is 5.32 Å². The Balaban J connectivity index is 1.71. The Kier molecular flexibility index (Phi) is 4.79. The van der Waals surface area contributed by atoms with Gasteiger partial charge in [-0.2, -0.15) is 11.8 Å². The van der Waals surface area contributed by atoms with Crippen molar-refractivity contribution < 1.29 is 5.11 Å². The molecule has 0 bridgehead atoms. The smallest absolute Gasteiger partial charge is 0.0462 e. The molecule has 0 aromatic carbocycles. The molecule has 88 valence electrons. The van der Waals surface area contributed by atoms with Gasteiger partial charge in [-0.25, -0.2) is 0 Å². The summed E-state index contributed by atoms with van der Waals surface area (Å²) in [6.45, 7) is 1.53. The zero-order chi connectivity index (χ0) is 10.5. The summed E-state index contributed by atoms with van der Waals surface area (Å²) in [6.07, 6.45) is 6.57. The molecule has 1 saturated carbocycles. The van der Waals surface area contributed by atoms with Crippen molar-refractivity contribution in [2.24, 2.45) is 11.8 Å². The summed E-state index contributed by atoms with van der Waals surface area (Å²) in [5.74, 6) is 3.91. The van der Waals surface area contributed by atoms with E-state index in [1.165, 1.54) is 43.6 Å². The van der Waals surface area contributed by atoms with Gasteiger partial charge in [0.15, 0.2) is 0 Å². The molecule has 0 spiro atoms. The highest BCUT2D eigenvalue weighted by Crippen LogP contribution is 2.29. The molecule has 15 heavy (non-hydrogen) atoms. The predicted octanol–water partition coefficient (Wildman–Crippen LogP) is 1.88. The summed E-state index contributed by atoms with van der Waals surface area (Å²) in [4.78, 5) is 0. The van der Waals surface area contributed by atoms with Crippen molar-refractivity contribution in [3.8, 4) is 0 Å². The Morgan fingerprint density at radius 2 is 1.93 bits per heavy atom. The fourth-order valence-corrected chi connectivity index (χ4v) is 3.99. The van der Waals surface area contributed by atoms with Crippen molar-refractivity contribution in [2.75, 3.05) is 24.7 Å². The second-order valence-electron chi connectivity index (χ2n) is 4.96. The lowest BCUT2D eigenvalue weighted by Gasteiger charge is -2.31. The van der Waals surface area contributed by atoms with E-state index < -0.39 is 0 Å². The molecular weight excluding hydrogens is 206 g/mol. The van der Waals surface area contributed by atoms with E-state index in [0.717, 1.165) is 18.5 Å². The lowest BCUT2D eigenvalue weighted by Crippen LogP contribution is -2.37. The van der Waals surface area contributed by atoms with E-state index in [2.05, 4.69) is 17.1 Å². The van der Waals surface area contributed by atoms with Gasteiger partial charge in [0.25, 0.3) is 0 Å². The molecule has 1 aliphatic heterocycles. The van der Waals surface area contributed by atoms with E-state index >= 15 is 0 Å². The topological polar surface area (TPSA) is 32.3 Å². The molecular formula is C12H23NOS. The summed E-state index contributed by atoms with van der Waals surface area (Å²) in [5.41, 5.74) is 0. The molecule has 3 heteroatoms. The normalized spacial score (nSPS) is 37.0. The molecule has 3 unspecified atom stereocenters. The number of nitrogens with one attached hydrogen (secondary N) is 1. The van der Waals surface area contributed by atoms with Gasteiger partial charge in [-0.15, -0.1) is 0 Å². The molecule has 2 aliphatic rings. The minimum absolute atomic E-state index is 0.395. The van der Waals surface area contributed by atoms with Crippen LogP contribution in [0.15, 0.2) is 0 Å². The van der Waals surface area contributed by atoms with Gasteiger partial charge < -0.3 is 10.4 Å². The highest BCUT2D eigenvalue weighted by atomic mass is 32.2. The van der Waals surface area contributed by atoms with Crippen LogP contribution in [0.3, 0.4) is 0 Å². The van der Waals surface area contributed by atoms with Crippen LogP contribution in [-0.4, -0.2) is 35.8 Å². The van der Waals surface area contributed by atoms with Gasteiger partial charge in [0, 0.05) is 18.4 Å². The van der Waals surface area contributed by atoms with Crippen LogP contribution in [0, 0.1) is 11.8 Å². The summed E-state index contributed by atoms with van der Waals surface area (Å²) in [7, 11) is 0. The Bertz CT molecular complexity index is 182. The quantitative estimate of drug-likeness (QED) is 0.772. The Labute approximate surface area is 97.2 Å². The first kappa shape index (κ1) is 11.7. The molecule has 3 atom stereocenters. The van der Waals surface area contributed by atoms with Gasteiger partial charge in [-0.3, -0.25) is 0 Å². The maximum Gasteiger partial charge on any atom is 0.0462 e. The van der Waals surface area contributed by atoms with Crippen LogP contribution in [0.4, 0.5) is 0 Å². The Hall–Kier alpha value is 0.270. The first-order valence-electron chi connectivity index (χ1n) is 6.32. The van der Waals surface area contributed by atoms with Gasteiger partial charge in [-0.1, -0.05) is 12.8 Å². The first-order valence-corrected chi connectivity index (χ1v) is 7.47. The molecule has 1 aliphatic carbocycles. The lowest BCUT2D eigenvalue weighted by molar-refractivity contribution is 0.131. The average Bonchev–Trinajstić information content (AvgIpc) is 2.79. The molecule has 2 fully saturated rings. The summed E-state index contributed by atoms with van der Waals surface area (Å²) in [5, 5.41) is 13.0. The monoisotopic (exact) mass is 229 g/mol. The summed E-state index contributed by atoms with van der Waals surface area (Å²) < 4.78 is 0. The maximum absolute atomic E-state index is 9.32. The van der Waals surface area contributed by atoms with E-state index in [1.54, 1.807) is 0 Å². The third-order valence-corrected chi connectivity index (χ3v) is 5.06. The summed E-state index contributed by atoms with van der Waals surface area (Å²) in [6, 6.07) is 0.747. The zero-order valence-corrected chi connectivity index (χ0v) is 10.3. The molecule has 2 nitrogen and oxygen atoms in total. The molecule has 2 N–H and O–H groups in total. The van der Waals surface area contributed by atoms with Crippen molar-refractivity contribution in [2.45, 2.75) is 38.1 Å². The van der Waals surface area contributed by atoms with Gasteiger partial charge in [-0.05, 0) is 43.4 Å². The fraction of sp³-hybridized carbons (Fsp3) is 1.00. The number of rotatable bonds is 4. The van der Waals surface area contributed by atoms with Crippen molar-refractivity contribution >= 4 is 11.8 Å². The van der Waals surface area contributed by atoms with Gasteiger partial charge >= 0.3 is 0 Å². The van der Waals surface area contributed by atoms with Crippen LogP contribution >= 0.6 is 11.8 Å². The minimum Gasteiger partial charge on any atom is -0.396 e. The molecule has 2 rings (SSSR count). The van der Waals surface area contributed by atoms with Crippen molar-refractivity contribution in [1.29, 1.82) is 0 Å². The van der Waals surface area contributed by atoms with Gasteiger partial charge in [0.05, 0.1) is 0 Å². The van der Waals surface area contributed by atoms with Crippen molar-refractivity contribution in [3.05, 3.63) is 0 Å². The maximum atomic E-state index is 9.32. The van der Waals surface area contributed by atoms with Crippen molar-refractivity contribution in [3.63, 3.8) is 0 Å². The number of hydrogen-bond donors (Lipinski definition) is 2. The molecule has 1 saturated heterocycles. The third-order valence-electron chi connectivity index (χ3n) is 3.90. The van der Waals surface area contributed by atoms with E-state index in [-0.39, 0.29) is 0 Å². The molecule has 0 amide bonds. The largest absolute Gasteiger partial charge is 0.396 e. The highest BCUT2D eigenvalue weighted by molar-refractivity contribution is 7.99. The van der Waals surface area contributed by atoms with Gasteiger partial charge in [0.1, 0.15) is 0 Å². The summed E-state index contributed by atoms with van der Waals surface area (Å²) >= 11 is 2.06. The SMILES string of the molecule is OCC1CCCCC1CNC1CCSC1. The van der Waals surface area contributed by atoms with E-state index in [4.69, 9.17) is 0 Å². The van der Waals surface area contributed by atoms with Crippen LogP contribution in [-0.2, 0) is 0 Å². The number of aliphatic hydroxyl groups excluding tert-OH is 1. The van der Waals surface area contributed by atoms with Crippen LogP contribution < -0.4 is 5.32 Å². The lowest BCUT2D eigenvalue weighted by atomic mass is 9.79. The van der Waals surface area contributed by atoms with Gasteiger partial charge in [0.2, 0.25) is 0 Å². The Morgan fingerprint density at radius 3 is 2.60 bits per heavy atom. The van der Waals surface area contributed by atoms with E-state index in [0.29, 0.717) is 12.5 Å². The van der Waals surface area contributed by atoms with Crippen LogP contribution in [0.2, 0.25) is 0 Å². The fourth-order valence-electron chi connectivity index (χ4n) is 2.81. The molecule has 1 heterocycles. The Morgan fingerprint density at radius 1 is 1.13 bits per heavy atom. The first-order chi connectivity index (χ1) is 7.40. The van der Waals surface area contributed by atoms with Crippen LogP contribution in [0.1, 0.15) is 32.1 Å². The number of aliphatic hydroxyl groups is 1. The second-order valence-corrected chi connectivity index (χ2v) is 6.11. The third kappa shape index (κ3) is 3.36. The van der Waals surface area contributed by atoms with Crippen LogP contribution in [0.5, 0.6) is 0 Å². The highest BCUT2D eigenvalue weighted by Gasteiger charge is 2.25. The molecule has 0 aromatic rings. The number of thioether (sulfide) groups is 1. The molecule has 0 radical (unpaired) electrons. The minimum atomic E-state index is 0.395. The predicted molar refractivity (Wildman–Crippen MR) is 66.3 cm³/mol. The van der Waals surface area contributed by atoms with E-state index in [1.807, 2.05) is 0 Å². The zero-order valence-electron chi connectivity index (χ0n) is 9.45. The number of hydrogen-bond acceptors (Lipinski definition) is 3. The standard InChI is InChI=1S/C12H23NOS/c14-8-11-4-2-1-3-10(11)7-13-12-5-6-15-9-12/h10-14H,1-9H2. The second kappa shape index (κ2) is 6.12. The van der Waals surface area contributed by atoms with E-state index in [9.17, 15) is 5.11 Å².